The molecule has 0 amide bonds. The molecule has 6 nitrogen and oxygen atoms in total. The Morgan fingerprint density at radius 3 is 2.67 bits per heavy atom. The van der Waals surface area contributed by atoms with Gasteiger partial charge in [0.05, 0.1) is 6.61 Å². The van der Waals surface area contributed by atoms with Gasteiger partial charge in [0.1, 0.15) is 0 Å². The van der Waals surface area contributed by atoms with E-state index in [2.05, 4.69) is 57.7 Å². The highest BCUT2D eigenvalue weighted by Gasteiger charge is 2.23. The summed E-state index contributed by atoms with van der Waals surface area (Å²) in [4.78, 5) is 2.34. The lowest BCUT2D eigenvalue weighted by molar-refractivity contribution is 0.153. The molecule has 0 spiro atoms. The van der Waals surface area contributed by atoms with Gasteiger partial charge in [0, 0.05) is 23.8 Å². The number of aliphatic hydroxyl groups excluding tert-OH is 1. The molecular weight excluding hydrogens is 412 g/mol. The van der Waals surface area contributed by atoms with E-state index in [9.17, 15) is 5.11 Å². The highest BCUT2D eigenvalue weighted by molar-refractivity contribution is 5.75. The topological polar surface area (TPSA) is 74.4 Å². The number of hydrogen-bond donors (Lipinski definition) is 2. The van der Waals surface area contributed by atoms with Crippen LogP contribution < -0.4 is 5.32 Å². The van der Waals surface area contributed by atoms with Gasteiger partial charge in [-0.3, -0.25) is 4.90 Å². The normalized spacial score (nSPS) is 16.2. The van der Waals surface area contributed by atoms with Crippen LogP contribution in [0, 0.1) is 6.92 Å². The summed E-state index contributed by atoms with van der Waals surface area (Å²) in [5, 5.41) is 21.3. The predicted molar refractivity (Wildman–Crippen MR) is 130 cm³/mol. The molecule has 0 radical (unpaired) electrons. The largest absolute Gasteiger partial charge is 0.403 e. The summed E-state index contributed by atoms with van der Waals surface area (Å²) >= 11 is 0. The SMILES string of the molecule is Cc1c(-c2ccccc2)cccc1-c1nnc(Nc2cccc(CN3CCC[C@H]3CO)c2)o1. The third-order valence-electron chi connectivity index (χ3n) is 6.35. The lowest BCUT2D eigenvalue weighted by Gasteiger charge is -2.22. The van der Waals surface area contributed by atoms with Crippen LogP contribution in [-0.4, -0.2) is 39.4 Å². The number of hydrogen-bond acceptors (Lipinski definition) is 6. The van der Waals surface area contributed by atoms with E-state index >= 15 is 0 Å². The maximum atomic E-state index is 9.58. The third kappa shape index (κ3) is 4.67. The average molecular weight is 441 g/mol. The van der Waals surface area contributed by atoms with Gasteiger partial charge < -0.3 is 14.8 Å². The molecule has 5 rings (SSSR count). The molecule has 3 aromatic carbocycles. The van der Waals surface area contributed by atoms with Crippen molar-refractivity contribution in [2.24, 2.45) is 0 Å². The van der Waals surface area contributed by atoms with Gasteiger partial charge in [-0.1, -0.05) is 59.7 Å². The molecule has 1 aliphatic heterocycles. The van der Waals surface area contributed by atoms with Crippen molar-refractivity contribution in [3.8, 4) is 22.6 Å². The Morgan fingerprint density at radius 2 is 1.82 bits per heavy atom. The van der Waals surface area contributed by atoms with E-state index < -0.39 is 0 Å². The molecule has 0 bridgehead atoms. The molecule has 0 aliphatic carbocycles. The molecule has 168 valence electrons. The summed E-state index contributed by atoms with van der Waals surface area (Å²) in [6.45, 7) is 4.14. The zero-order valence-electron chi connectivity index (χ0n) is 18.7. The summed E-state index contributed by atoms with van der Waals surface area (Å²) < 4.78 is 5.98. The van der Waals surface area contributed by atoms with Crippen molar-refractivity contribution in [3.63, 3.8) is 0 Å². The smallest absolute Gasteiger partial charge is 0.320 e. The highest BCUT2D eigenvalue weighted by atomic mass is 16.4. The van der Waals surface area contributed by atoms with Crippen molar-refractivity contribution >= 4 is 11.7 Å². The van der Waals surface area contributed by atoms with Gasteiger partial charge in [-0.2, -0.15) is 0 Å². The maximum Gasteiger partial charge on any atom is 0.320 e. The Morgan fingerprint density at radius 1 is 1.00 bits per heavy atom. The Balaban J connectivity index is 1.33. The Hall–Kier alpha value is -3.48. The number of nitrogens with one attached hydrogen (secondary N) is 1. The number of aromatic nitrogens is 2. The number of likely N-dealkylation sites (tertiary alicyclic amines) is 1. The van der Waals surface area contributed by atoms with Crippen molar-refractivity contribution in [2.75, 3.05) is 18.5 Å². The van der Waals surface area contributed by atoms with Gasteiger partial charge in [0.25, 0.3) is 0 Å². The summed E-state index contributed by atoms with van der Waals surface area (Å²) in [6.07, 6.45) is 2.20. The van der Waals surface area contributed by atoms with Crippen LogP contribution in [0.2, 0.25) is 0 Å². The lowest BCUT2D eigenvalue weighted by atomic mass is 9.96. The van der Waals surface area contributed by atoms with Gasteiger partial charge in [-0.05, 0) is 66.8 Å². The van der Waals surface area contributed by atoms with Crippen molar-refractivity contribution < 1.29 is 9.52 Å². The van der Waals surface area contributed by atoms with Gasteiger partial charge in [0.2, 0.25) is 5.89 Å². The van der Waals surface area contributed by atoms with Crippen LogP contribution in [-0.2, 0) is 6.54 Å². The van der Waals surface area contributed by atoms with Crippen LogP contribution in [0.5, 0.6) is 0 Å². The fraction of sp³-hybridized carbons (Fsp3) is 0.259. The van der Waals surface area contributed by atoms with E-state index in [0.29, 0.717) is 11.9 Å². The molecule has 33 heavy (non-hydrogen) atoms. The molecule has 1 fully saturated rings. The summed E-state index contributed by atoms with van der Waals surface area (Å²) in [6, 6.07) is 25.3. The molecule has 2 heterocycles. The van der Waals surface area contributed by atoms with Crippen LogP contribution in [0.1, 0.15) is 24.0 Å². The van der Waals surface area contributed by atoms with Crippen LogP contribution in [0.15, 0.2) is 77.2 Å². The van der Waals surface area contributed by atoms with Gasteiger partial charge in [0.15, 0.2) is 0 Å². The second kappa shape index (κ2) is 9.57. The fourth-order valence-corrected chi connectivity index (χ4v) is 4.60. The minimum absolute atomic E-state index is 0.216. The molecule has 1 atom stereocenters. The van der Waals surface area contributed by atoms with Crippen molar-refractivity contribution in [3.05, 3.63) is 83.9 Å². The standard InChI is InChI=1S/C27H28N4O2/c1-19-24(21-9-3-2-4-10-21)13-6-14-25(19)26-29-30-27(33-26)28-22-11-5-8-20(16-22)17-31-15-7-12-23(31)18-32/h2-6,8-11,13-14,16,23,32H,7,12,15,17-18H2,1H3,(H,28,30)/t23-/m0/s1. The zero-order chi connectivity index (χ0) is 22.6. The molecule has 1 aromatic heterocycles. The van der Waals surface area contributed by atoms with E-state index in [1.54, 1.807) is 0 Å². The van der Waals surface area contributed by atoms with Crippen molar-refractivity contribution in [2.45, 2.75) is 32.4 Å². The Bertz CT molecular complexity index is 1220. The monoisotopic (exact) mass is 440 g/mol. The van der Waals surface area contributed by atoms with Gasteiger partial charge in [-0.25, -0.2) is 0 Å². The second-order valence-electron chi connectivity index (χ2n) is 8.53. The van der Waals surface area contributed by atoms with E-state index in [-0.39, 0.29) is 12.6 Å². The van der Waals surface area contributed by atoms with Crippen LogP contribution in [0.4, 0.5) is 11.7 Å². The van der Waals surface area contributed by atoms with Crippen molar-refractivity contribution in [1.82, 2.24) is 15.1 Å². The van der Waals surface area contributed by atoms with Crippen LogP contribution >= 0.6 is 0 Å². The number of aliphatic hydroxyl groups is 1. The highest BCUT2D eigenvalue weighted by Crippen LogP contribution is 2.32. The molecule has 0 unspecified atom stereocenters. The van der Waals surface area contributed by atoms with Crippen LogP contribution in [0.25, 0.3) is 22.6 Å². The lowest BCUT2D eigenvalue weighted by Crippen LogP contribution is -2.31. The maximum absolute atomic E-state index is 9.58. The molecular formula is C27H28N4O2. The van der Waals surface area contributed by atoms with Crippen molar-refractivity contribution in [1.29, 1.82) is 0 Å². The molecule has 4 aromatic rings. The quantitative estimate of drug-likeness (QED) is 0.400. The van der Waals surface area contributed by atoms with E-state index in [1.165, 1.54) is 5.56 Å². The fourth-order valence-electron chi connectivity index (χ4n) is 4.60. The van der Waals surface area contributed by atoms with Gasteiger partial charge >= 0.3 is 6.01 Å². The molecule has 6 heteroatoms. The summed E-state index contributed by atoms with van der Waals surface area (Å²) in [5.74, 6) is 0.492. The molecule has 0 saturated carbocycles. The number of benzene rings is 3. The van der Waals surface area contributed by atoms with E-state index in [1.807, 2.05) is 42.5 Å². The minimum atomic E-state index is 0.216. The first-order valence-corrected chi connectivity index (χ1v) is 11.4. The van der Waals surface area contributed by atoms with Gasteiger partial charge in [-0.15, -0.1) is 5.10 Å². The van der Waals surface area contributed by atoms with Crippen LogP contribution in [0.3, 0.4) is 0 Å². The summed E-state index contributed by atoms with van der Waals surface area (Å²) in [7, 11) is 0. The molecule has 2 N–H and O–H groups in total. The predicted octanol–water partition coefficient (Wildman–Crippen LogP) is 5.41. The first-order valence-electron chi connectivity index (χ1n) is 11.4. The number of anilines is 2. The molecule has 1 saturated heterocycles. The number of rotatable bonds is 7. The minimum Gasteiger partial charge on any atom is -0.403 e. The second-order valence-corrected chi connectivity index (χ2v) is 8.53. The number of nitrogens with zero attached hydrogens (tertiary/aromatic N) is 3. The third-order valence-corrected chi connectivity index (χ3v) is 6.35. The Kier molecular flexibility index (Phi) is 6.19. The Labute approximate surface area is 193 Å². The first-order chi connectivity index (χ1) is 16.2. The van der Waals surface area contributed by atoms with E-state index in [4.69, 9.17) is 4.42 Å². The summed E-state index contributed by atoms with van der Waals surface area (Å²) in [5.41, 5.74) is 6.42. The first kappa shape index (κ1) is 21.4. The van der Waals surface area contributed by atoms with E-state index in [0.717, 1.165) is 53.9 Å². The average Bonchev–Trinajstić information content (AvgIpc) is 3.49. The molecule has 1 aliphatic rings. The zero-order valence-corrected chi connectivity index (χ0v) is 18.7.